The van der Waals surface area contributed by atoms with Crippen molar-refractivity contribution in [2.24, 2.45) is 0 Å². The number of methoxy groups -OCH3 is 1. The number of aromatic nitrogens is 3. The van der Waals surface area contributed by atoms with Gasteiger partial charge in [0, 0.05) is 6.07 Å². The molecule has 0 saturated carbocycles. The third-order valence-corrected chi connectivity index (χ3v) is 3.71. The van der Waals surface area contributed by atoms with Crippen LogP contribution >= 0.6 is 11.6 Å². The zero-order valence-corrected chi connectivity index (χ0v) is 13.2. The van der Waals surface area contributed by atoms with Crippen LogP contribution < -0.4 is 4.74 Å². The molecule has 23 heavy (non-hydrogen) atoms. The molecule has 6 nitrogen and oxygen atoms in total. The van der Waals surface area contributed by atoms with E-state index < -0.39 is 17.9 Å². The monoisotopic (exact) mass is 345 g/mol. The summed E-state index contributed by atoms with van der Waals surface area (Å²) in [5.41, 5.74) is 0.0922. The van der Waals surface area contributed by atoms with Crippen LogP contribution in [0.25, 0.3) is 5.82 Å². The van der Waals surface area contributed by atoms with Gasteiger partial charge >= 0.3 is 0 Å². The van der Waals surface area contributed by atoms with Crippen LogP contribution in [0.4, 0.5) is 8.78 Å². The molecule has 0 atom stereocenters. The van der Waals surface area contributed by atoms with Gasteiger partial charge in [-0.3, -0.25) is 0 Å². The summed E-state index contributed by atoms with van der Waals surface area (Å²) >= 11 is 5.96. The standard InChI is InChI=1S/C14H14ClF2N3O3/c1-14(22-5-6-23-14)8-3-4-10(15)18-13(8)20-11(21-2)7-9(19-20)12(16)17/h3-4,7,12H,5-6H2,1-2H3. The van der Waals surface area contributed by atoms with Crippen LogP contribution in [0.1, 0.15) is 24.6 Å². The Morgan fingerprint density at radius 1 is 1.35 bits per heavy atom. The molecule has 1 fully saturated rings. The number of rotatable bonds is 4. The fraction of sp³-hybridized carbons (Fsp3) is 0.429. The number of hydrogen-bond acceptors (Lipinski definition) is 5. The third-order valence-electron chi connectivity index (χ3n) is 3.50. The summed E-state index contributed by atoms with van der Waals surface area (Å²) in [5.74, 6) is -0.738. The summed E-state index contributed by atoms with van der Waals surface area (Å²) in [7, 11) is 1.36. The van der Waals surface area contributed by atoms with E-state index in [2.05, 4.69) is 10.1 Å². The molecule has 1 aliphatic rings. The van der Waals surface area contributed by atoms with Crippen molar-refractivity contribution in [1.29, 1.82) is 0 Å². The molecule has 2 aromatic heterocycles. The Bertz CT molecular complexity index is 717. The van der Waals surface area contributed by atoms with E-state index in [0.717, 1.165) is 6.07 Å². The highest BCUT2D eigenvalue weighted by atomic mass is 35.5. The molecule has 1 aliphatic heterocycles. The fourth-order valence-electron chi connectivity index (χ4n) is 2.40. The summed E-state index contributed by atoms with van der Waals surface area (Å²) in [6, 6.07) is 4.38. The summed E-state index contributed by atoms with van der Waals surface area (Å²) < 4.78 is 43.4. The Balaban J connectivity index is 2.18. The number of nitrogens with zero attached hydrogens (tertiary/aromatic N) is 3. The third kappa shape index (κ3) is 2.89. The molecule has 3 heterocycles. The van der Waals surface area contributed by atoms with Gasteiger partial charge in [0.05, 0.1) is 25.9 Å². The van der Waals surface area contributed by atoms with Crippen molar-refractivity contribution in [2.45, 2.75) is 19.1 Å². The highest BCUT2D eigenvalue weighted by Gasteiger charge is 2.37. The molecule has 0 aromatic carbocycles. The summed E-state index contributed by atoms with van der Waals surface area (Å²) in [5, 5.41) is 4.05. The van der Waals surface area contributed by atoms with Gasteiger partial charge in [0.25, 0.3) is 6.43 Å². The second kappa shape index (κ2) is 6.03. The zero-order chi connectivity index (χ0) is 16.6. The number of halogens is 3. The summed E-state index contributed by atoms with van der Waals surface area (Å²) in [6.07, 6.45) is -2.73. The van der Waals surface area contributed by atoms with E-state index in [1.165, 1.54) is 11.8 Å². The lowest BCUT2D eigenvalue weighted by Gasteiger charge is -2.25. The van der Waals surface area contributed by atoms with E-state index in [4.69, 9.17) is 25.8 Å². The van der Waals surface area contributed by atoms with E-state index in [1.54, 1.807) is 19.1 Å². The van der Waals surface area contributed by atoms with Gasteiger partial charge in [-0.05, 0) is 19.1 Å². The van der Waals surface area contributed by atoms with E-state index in [0.29, 0.717) is 18.8 Å². The van der Waals surface area contributed by atoms with Gasteiger partial charge < -0.3 is 14.2 Å². The Labute approximate surface area is 135 Å². The minimum atomic E-state index is -2.73. The first-order valence-electron chi connectivity index (χ1n) is 6.82. The molecule has 124 valence electrons. The number of ether oxygens (including phenoxy) is 3. The van der Waals surface area contributed by atoms with Crippen LogP contribution in [0.2, 0.25) is 5.15 Å². The topological polar surface area (TPSA) is 58.4 Å². The lowest BCUT2D eigenvalue weighted by molar-refractivity contribution is -0.149. The SMILES string of the molecule is COc1cc(C(F)F)nn1-c1nc(Cl)ccc1C1(C)OCCO1. The number of hydrogen-bond donors (Lipinski definition) is 0. The van der Waals surface area contributed by atoms with E-state index in [-0.39, 0.29) is 16.9 Å². The molecule has 0 bridgehead atoms. The first-order valence-corrected chi connectivity index (χ1v) is 7.20. The van der Waals surface area contributed by atoms with Crippen molar-refractivity contribution in [1.82, 2.24) is 14.8 Å². The van der Waals surface area contributed by atoms with Crippen molar-refractivity contribution in [2.75, 3.05) is 20.3 Å². The first kappa shape index (κ1) is 16.1. The predicted octanol–water partition coefficient (Wildman–Crippen LogP) is 3.09. The van der Waals surface area contributed by atoms with E-state index in [1.807, 2.05) is 0 Å². The zero-order valence-electron chi connectivity index (χ0n) is 12.4. The van der Waals surface area contributed by atoms with Crippen molar-refractivity contribution >= 4 is 11.6 Å². The lowest BCUT2D eigenvalue weighted by atomic mass is 10.1. The van der Waals surface area contributed by atoms with Gasteiger partial charge in [-0.1, -0.05) is 11.6 Å². The lowest BCUT2D eigenvalue weighted by Crippen LogP contribution is -2.25. The Morgan fingerprint density at radius 3 is 2.65 bits per heavy atom. The molecule has 0 unspecified atom stereocenters. The van der Waals surface area contributed by atoms with Gasteiger partial charge in [0.2, 0.25) is 5.88 Å². The molecular formula is C14H14ClF2N3O3. The molecule has 1 saturated heterocycles. The normalized spacial score (nSPS) is 17.0. The van der Waals surface area contributed by atoms with Crippen molar-refractivity contribution in [3.8, 4) is 11.7 Å². The van der Waals surface area contributed by atoms with E-state index >= 15 is 0 Å². The largest absolute Gasteiger partial charge is 0.481 e. The van der Waals surface area contributed by atoms with Gasteiger partial charge in [-0.25, -0.2) is 13.8 Å². The second-order valence-corrected chi connectivity index (χ2v) is 5.36. The molecule has 0 radical (unpaired) electrons. The maximum absolute atomic E-state index is 12.9. The summed E-state index contributed by atoms with van der Waals surface area (Å²) in [4.78, 5) is 4.20. The maximum atomic E-state index is 12.9. The van der Waals surface area contributed by atoms with Crippen molar-refractivity contribution in [3.63, 3.8) is 0 Å². The van der Waals surface area contributed by atoms with Crippen molar-refractivity contribution in [3.05, 3.63) is 34.6 Å². The van der Waals surface area contributed by atoms with E-state index in [9.17, 15) is 8.78 Å². The quantitative estimate of drug-likeness (QED) is 0.797. The molecule has 2 aromatic rings. The van der Waals surface area contributed by atoms with Gasteiger partial charge in [-0.15, -0.1) is 0 Å². The fourth-order valence-corrected chi connectivity index (χ4v) is 2.54. The van der Waals surface area contributed by atoms with Gasteiger partial charge in [0.15, 0.2) is 11.6 Å². The molecule has 9 heteroatoms. The minimum Gasteiger partial charge on any atom is -0.481 e. The Morgan fingerprint density at radius 2 is 2.04 bits per heavy atom. The Hall–Kier alpha value is -1.77. The van der Waals surface area contributed by atoms with Crippen LogP contribution in [0, 0.1) is 0 Å². The van der Waals surface area contributed by atoms with Gasteiger partial charge in [0.1, 0.15) is 10.8 Å². The van der Waals surface area contributed by atoms with Crippen LogP contribution in [-0.4, -0.2) is 35.1 Å². The molecule has 0 spiro atoms. The minimum absolute atomic E-state index is 0.109. The Kier molecular flexibility index (Phi) is 4.22. The van der Waals surface area contributed by atoms with Gasteiger partial charge in [-0.2, -0.15) is 9.78 Å². The molecular weight excluding hydrogens is 332 g/mol. The second-order valence-electron chi connectivity index (χ2n) is 4.97. The highest BCUT2D eigenvalue weighted by molar-refractivity contribution is 6.29. The molecule has 0 aliphatic carbocycles. The molecule has 0 N–H and O–H groups in total. The highest BCUT2D eigenvalue weighted by Crippen LogP contribution is 2.36. The smallest absolute Gasteiger partial charge is 0.282 e. The molecule has 3 rings (SSSR count). The van der Waals surface area contributed by atoms with Crippen LogP contribution in [0.5, 0.6) is 5.88 Å². The maximum Gasteiger partial charge on any atom is 0.282 e. The number of alkyl halides is 2. The number of pyridine rings is 1. The van der Waals surface area contributed by atoms with Crippen LogP contribution in [0.15, 0.2) is 18.2 Å². The predicted molar refractivity (Wildman–Crippen MR) is 77.1 cm³/mol. The summed E-state index contributed by atoms with van der Waals surface area (Å²) in [6.45, 7) is 2.55. The average Bonchev–Trinajstić information content (AvgIpc) is 3.13. The average molecular weight is 346 g/mol. The van der Waals surface area contributed by atoms with Crippen LogP contribution in [-0.2, 0) is 15.3 Å². The van der Waals surface area contributed by atoms with Crippen molar-refractivity contribution < 1.29 is 23.0 Å². The van der Waals surface area contributed by atoms with Crippen LogP contribution in [0.3, 0.4) is 0 Å². The first-order chi connectivity index (χ1) is 10.9. The molecule has 0 amide bonds.